The summed E-state index contributed by atoms with van der Waals surface area (Å²) in [5.41, 5.74) is 2.66. The molecule has 1 spiro atoms. The van der Waals surface area contributed by atoms with Crippen LogP contribution in [0.15, 0.2) is 35.3 Å². The lowest BCUT2D eigenvalue weighted by Gasteiger charge is -2.32. The molecule has 21 heavy (non-hydrogen) atoms. The van der Waals surface area contributed by atoms with E-state index in [-0.39, 0.29) is 5.78 Å². The van der Waals surface area contributed by atoms with E-state index in [2.05, 4.69) is 11.4 Å². The molecule has 1 atom stereocenters. The van der Waals surface area contributed by atoms with Crippen molar-refractivity contribution in [1.29, 1.82) is 0 Å². The number of fused-ring (bicyclic) bond motifs is 1. The second-order valence-electron chi connectivity index (χ2n) is 5.77. The number of ether oxygens (including phenoxy) is 2. The highest BCUT2D eigenvalue weighted by Gasteiger charge is 2.47. The van der Waals surface area contributed by atoms with E-state index in [1.54, 1.807) is 6.92 Å². The summed E-state index contributed by atoms with van der Waals surface area (Å²) >= 11 is 0. The van der Waals surface area contributed by atoms with Crippen molar-refractivity contribution >= 4 is 11.5 Å². The fourth-order valence-electron chi connectivity index (χ4n) is 3.20. The smallest absolute Gasteiger partial charge is 0.237 e. The number of nitrogens with one attached hydrogen (secondary N) is 1. The summed E-state index contributed by atoms with van der Waals surface area (Å²) in [6.45, 7) is 9.23. The number of carbonyl (C=O) groups excluding carboxylic acids is 1. The van der Waals surface area contributed by atoms with Gasteiger partial charge in [0.1, 0.15) is 22.8 Å². The lowest BCUT2D eigenvalue weighted by Crippen LogP contribution is -2.45. The van der Waals surface area contributed by atoms with Gasteiger partial charge in [-0.1, -0.05) is 6.07 Å². The van der Waals surface area contributed by atoms with E-state index in [1.807, 2.05) is 32.9 Å². The van der Waals surface area contributed by atoms with Gasteiger partial charge in [0.2, 0.25) is 5.72 Å². The van der Waals surface area contributed by atoms with Crippen molar-refractivity contribution in [3.05, 3.63) is 46.4 Å². The van der Waals surface area contributed by atoms with Gasteiger partial charge in [0.15, 0.2) is 5.78 Å². The van der Waals surface area contributed by atoms with E-state index in [4.69, 9.17) is 9.47 Å². The third-order valence-corrected chi connectivity index (χ3v) is 3.80. The number of allylic oxidation sites excluding steroid dienone is 2. The molecular formula is C17H19NO3. The molecule has 0 unspecified atom stereocenters. The van der Waals surface area contributed by atoms with Crippen LogP contribution in [0.3, 0.4) is 0 Å². The predicted octanol–water partition coefficient (Wildman–Crippen LogP) is 3.60. The summed E-state index contributed by atoms with van der Waals surface area (Å²) in [6, 6.07) is 4.10. The lowest BCUT2D eigenvalue weighted by molar-refractivity contribution is -0.115. The first kappa shape index (κ1) is 13.7. The van der Waals surface area contributed by atoms with Crippen LogP contribution in [-0.4, -0.2) is 11.5 Å². The van der Waals surface area contributed by atoms with Crippen LogP contribution < -0.4 is 10.1 Å². The van der Waals surface area contributed by atoms with E-state index in [1.165, 1.54) is 6.92 Å². The zero-order chi connectivity index (χ0) is 15.4. The largest absolute Gasteiger partial charge is 0.466 e. The van der Waals surface area contributed by atoms with E-state index in [0.717, 1.165) is 22.6 Å². The summed E-state index contributed by atoms with van der Waals surface area (Å²) in [5, 5.41) is 3.37. The summed E-state index contributed by atoms with van der Waals surface area (Å²) in [6.07, 6.45) is 1.82. The van der Waals surface area contributed by atoms with Crippen molar-refractivity contribution in [2.75, 3.05) is 5.32 Å². The van der Waals surface area contributed by atoms with Crippen LogP contribution in [0.25, 0.3) is 0 Å². The first-order chi connectivity index (χ1) is 9.82. The standard InChI is InChI=1S/C17H19NO3/c1-9-6-10(2)16-14(7-9)18-17(21-16)8-11(3)20-13(5)15(17)12(4)19/h6-8,18H,1-5H3/t17-/m1/s1. The Morgan fingerprint density at radius 3 is 2.57 bits per heavy atom. The van der Waals surface area contributed by atoms with E-state index in [0.29, 0.717) is 17.1 Å². The first-order valence-electron chi connectivity index (χ1n) is 7.00. The van der Waals surface area contributed by atoms with Crippen molar-refractivity contribution in [3.63, 3.8) is 0 Å². The lowest BCUT2D eigenvalue weighted by atomic mass is 9.95. The van der Waals surface area contributed by atoms with Gasteiger partial charge in [0, 0.05) is 6.08 Å². The topological polar surface area (TPSA) is 47.6 Å². The van der Waals surface area contributed by atoms with E-state index >= 15 is 0 Å². The summed E-state index contributed by atoms with van der Waals surface area (Å²) in [5.74, 6) is 2.02. The van der Waals surface area contributed by atoms with Crippen LogP contribution >= 0.6 is 0 Å². The Morgan fingerprint density at radius 2 is 1.90 bits per heavy atom. The third kappa shape index (κ3) is 2.02. The molecule has 3 rings (SSSR count). The molecule has 4 nitrogen and oxygen atoms in total. The molecule has 110 valence electrons. The monoisotopic (exact) mass is 285 g/mol. The van der Waals surface area contributed by atoms with Gasteiger partial charge >= 0.3 is 0 Å². The number of benzene rings is 1. The molecule has 0 aliphatic carbocycles. The Balaban J connectivity index is 2.16. The maximum Gasteiger partial charge on any atom is 0.237 e. The van der Waals surface area contributed by atoms with Gasteiger partial charge in [0.05, 0.1) is 5.69 Å². The highest BCUT2D eigenvalue weighted by atomic mass is 16.5. The first-order valence-corrected chi connectivity index (χ1v) is 7.00. The molecule has 2 aliphatic heterocycles. The Bertz CT molecular complexity index is 715. The summed E-state index contributed by atoms with van der Waals surface area (Å²) < 4.78 is 11.8. The molecule has 0 bridgehead atoms. The Morgan fingerprint density at radius 1 is 1.19 bits per heavy atom. The molecular weight excluding hydrogens is 266 g/mol. The maximum absolute atomic E-state index is 12.1. The van der Waals surface area contributed by atoms with Gasteiger partial charge in [0.25, 0.3) is 0 Å². The molecule has 1 aromatic carbocycles. The molecule has 2 heterocycles. The molecule has 0 amide bonds. The molecule has 0 aromatic heterocycles. The number of anilines is 1. The zero-order valence-electron chi connectivity index (χ0n) is 13.0. The minimum Gasteiger partial charge on any atom is -0.466 e. The van der Waals surface area contributed by atoms with Gasteiger partial charge < -0.3 is 14.8 Å². The molecule has 4 heteroatoms. The van der Waals surface area contributed by atoms with Crippen LogP contribution in [0.1, 0.15) is 31.9 Å². The van der Waals surface area contributed by atoms with Gasteiger partial charge in [-0.15, -0.1) is 0 Å². The van der Waals surface area contributed by atoms with E-state index in [9.17, 15) is 4.79 Å². The molecule has 2 aliphatic rings. The number of aryl methyl sites for hydroxylation is 2. The number of hydrogen-bond donors (Lipinski definition) is 1. The van der Waals surface area contributed by atoms with E-state index < -0.39 is 5.72 Å². The van der Waals surface area contributed by atoms with Crippen molar-refractivity contribution < 1.29 is 14.3 Å². The highest BCUT2D eigenvalue weighted by Crippen LogP contribution is 2.46. The quantitative estimate of drug-likeness (QED) is 0.856. The van der Waals surface area contributed by atoms with Gasteiger partial charge in [-0.25, -0.2) is 0 Å². The van der Waals surface area contributed by atoms with Crippen molar-refractivity contribution in [3.8, 4) is 5.75 Å². The van der Waals surface area contributed by atoms with Gasteiger partial charge in [-0.3, -0.25) is 4.79 Å². The molecule has 0 fully saturated rings. The number of Topliss-reactive ketones (excluding diaryl/α,β-unsaturated/α-hetero) is 1. The molecule has 0 radical (unpaired) electrons. The van der Waals surface area contributed by atoms with Gasteiger partial charge in [-0.2, -0.15) is 0 Å². The van der Waals surface area contributed by atoms with Crippen LogP contribution in [-0.2, 0) is 9.53 Å². The normalized spacial score (nSPS) is 23.2. The molecule has 1 aromatic rings. The SMILES string of the molecule is CC(=O)C1=C(C)OC(C)=C[C@]12Nc1cc(C)cc(C)c1O2. The molecule has 0 saturated heterocycles. The maximum atomic E-state index is 12.1. The number of rotatable bonds is 1. The second-order valence-corrected chi connectivity index (χ2v) is 5.77. The van der Waals surface area contributed by atoms with Crippen LogP contribution in [0.2, 0.25) is 0 Å². The molecule has 1 N–H and O–H groups in total. The Labute approximate surface area is 124 Å². The highest BCUT2D eigenvalue weighted by molar-refractivity contribution is 5.98. The molecule has 0 saturated carbocycles. The predicted molar refractivity (Wildman–Crippen MR) is 81.1 cm³/mol. The summed E-state index contributed by atoms with van der Waals surface area (Å²) in [7, 11) is 0. The van der Waals surface area contributed by atoms with Crippen molar-refractivity contribution in [2.45, 2.75) is 40.3 Å². The van der Waals surface area contributed by atoms with Crippen LogP contribution in [0.4, 0.5) is 5.69 Å². The third-order valence-electron chi connectivity index (χ3n) is 3.80. The summed E-state index contributed by atoms with van der Waals surface area (Å²) in [4.78, 5) is 12.1. The van der Waals surface area contributed by atoms with Crippen LogP contribution in [0, 0.1) is 13.8 Å². The average molecular weight is 285 g/mol. The number of ketones is 1. The fraction of sp³-hybridized carbons (Fsp3) is 0.353. The minimum atomic E-state index is -0.959. The zero-order valence-corrected chi connectivity index (χ0v) is 13.0. The average Bonchev–Trinajstić information content (AvgIpc) is 2.65. The Kier molecular flexibility index (Phi) is 2.87. The Hall–Kier alpha value is -2.23. The fourth-order valence-corrected chi connectivity index (χ4v) is 3.20. The minimum absolute atomic E-state index is 0.0640. The number of carbonyl (C=O) groups is 1. The van der Waals surface area contributed by atoms with Crippen LogP contribution in [0.5, 0.6) is 5.75 Å². The van der Waals surface area contributed by atoms with Crippen molar-refractivity contribution in [2.24, 2.45) is 0 Å². The second kappa shape index (κ2) is 4.38. The van der Waals surface area contributed by atoms with Gasteiger partial charge in [-0.05, 0) is 51.8 Å². The number of hydrogen-bond acceptors (Lipinski definition) is 4. The van der Waals surface area contributed by atoms with Crippen molar-refractivity contribution in [1.82, 2.24) is 0 Å².